The van der Waals surface area contributed by atoms with Gasteiger partial charge in [-0.3, -0.25) is 4.98 Å². The number of hydrogen-bond donors (Lipinski definition) is 0. The van der Waals surface area contributed by atoms with Crippen LogP contribution in [0.15, 0.2) is 255 Å². The van der Waals surface area contributed by atoms with Crippen LogP contribution in [0.2, 0.25) is 0 Å². The van der Waals surface area contributed by atoms with Gasteiger partial charge in [0.25, 0.3) is 0 Å². The molecule has 19 rings (SSSR count). The van der Waals surface area contributed by atoms with Crippen molar-refractivity contribution in [3.05, 3.63) is 283 Å². The smallest absolute Gasteiger partial charge is 0.183 e. The number of nitrogens with zero attached hydrogens (tertiary/aromatic N) is 6. The second-order valence-electron chi connectivity index (χ2n) is 32.6. The first kappa shape index (κ1) is 60.8. The monoisotopic (exact) mass is 1320 g/mol. The fourth-order valence-corrected chi connectivity index (χ4v) is 23.3. The van der Waals surface area contributed by atoms with E-state index in [0.29, 0.717) is 5.56 Å². The third-order valence-electron chi connectivity index (χ3n) is 22.7. The highest BCUT2D eigenvalue weighted by Crippen LogP contribution is 2.54. The molecule has 2 aliphatic heterocycles. The van der Waals surface area contributed by atoms with Crippen molar-refractivity contribution in [2.45, 2.75) is 105 Å². The average molecular weight is 1320 g/mol. The molecule has 0 bridgehead atoms. The van der Waals surface area contributed by atoms with E-state index < -0.39 is 8.07 Å². The standard InChI is InChI=1S/C94H78N6Si/c1-91(2,3)57-40-44-77-67(51-57)61-26-13-19-32-73(61)97(77)87-72(55-95)88(98-74-33-20-14-27-62(74)68-52-58(92(4,5)6)41-45-78(68)98)90(100-76-35-22-16-29-64(76)70-54-60(94(10,11)12)43-47-80(70)100)85(89(87)99-75-34-21-15-28-63(75)69-53-59(93(7,8)9)42-46-79(69)99)56-39-48-83-71(50-56)86-84(38-25-49-96-86)101(83)81-36-23-17-30-65(81)66-31-18-24-37-82(66)101/h13-54H,1-12H3. The molecular formula is C94H78N6Si. The van der Waals surface area contributed by atoms with E-state index in [0.717, 1.165) is 132 Å². The molecule has 0 fully saturated rings. The SMILES string of the molecule is CC(C)(C)c1ccc2c(c1)c1ccccc1n2-c1c(C#N)c(-n2c3ccccc3c3cc(C(C)(C)C)ccc32)c(-n2c3ccccc3c3cc(C(C)(C)C)ccc32)c(-c2ccc3c(c2)-c2ncccc2[Si]32c3ccccc3-c3ccccc32)c1-n1c2ccccc2c2cc(C(C)(C)C)ccc21. The molecule has 0 aliphatic carbocycles. The van der Waals surface area contributed by atoms with E-state index in [4.69, 9.17) is 4.98 Å². The zero-order valence-electron chi connectivity index (χ0n) is 59.4. The summed E-state index contributed by atoms with van der Waals surface area (Å²) in [6, 6.07) is 97.9. The Kier molecular flexibility index (Phi) is 12.7. The summed E-state index contributed by atoms with van der Waals surface area (Å²) >= 11 is 0. The molecule has 17 aromatic rings. The van der Waals surface area contributed by atoms with E-state index in [-0.39, 0.29) is 21.7 Å². The second kappa shape index (κ2) is 21.1. The van der Waals surface area contributed by atoms with Crippen molar-refractivity contribution in [2.24, 2.45) is 0 Å². The fraction of sp³-hybridized carbons (Fsp3) is 0.170. The maximum atomic E-state index is 13.6. The van der Waals surface area contributed by atoms with Crippen molar-refractivity contribution >= 4 is 116 Å². The Labute approximate surface area is 590 Å². The Hall–Kier alpha value is -11.3. The van der Waals surface area contributed by atoms with Crippen LogP contribution < -0.4 is 20.7 Å². The molecule has 0 saturated heterocycles. The third-order valence-corrected chi connectivity index (χ3v) is 27.6. The molecule has 7 heteroatoms. The minimum atomic E-state index is -3.00. The molecule has 0 radical (unpaired) electrons. The first-order valence-corrected chi connectivity index (χ1v) is 37.7. The van der Waals surface area contributed by atoms with Crippen LogP contribution in [-0.2, 0) is 21.7 Å². The lowest BCUT2D eigenvalue weighted by molar-refractivity contribution is 0.591. The number of pyridine rings is 1. The summed E-state index contributed by atoms with van der Waals surface area (Å²) in [5, 5.41) is 28.1. The highest BCUT2D eigenvalue weighted by atomic mass is 28.3. The first-order valence-electron chi connectivity index (χ1n) is 35.7. The van der Waals surface area contributed by atoms with Gasteiger partial charge in [0.05, 0.1) is 72.6 Å². The van der Waals surface area contributed by atoms with E-state index >= 15 is 0 Å². The lowest BCUT2D eigenvalue weighted by atomic mass is 9.86. The van der Waals surface area contributed by atoms with Gasteiger partial charge in [-0.15, -0.1) is 0 Å². The van der Waals surface area contributed by atoms with Gasteiger partial charge in [-0.2, -0.15) is 5.26 Å². The Morgan fingerprint density at radius 1 is 0.297 bits per heavy atom. The summed E-state index contributed by atoms with van der Waals surface area (Å²) in [5.74, 6) is 0. The summed E-state index contributed by atoms with van der Waals surface area (Å²) < 4.78 is 10.1. The van der Waals surface area contributed by atoms with Crippen LogP contribution in [0.1, 0.15) is 111 Å². The van der Waals surface area contributed by atoms with Crippen LogP contribution in [0.5, 0.6) is 0 Å². The lowest BCUT2D eigenvalue weighted by Gasteiger charge is -2.30. The van der Waals surface area contributed by atoms with Gasteiger partial charge in [0.1, 0.15) is 11.6 Å². The van der Waals surface area contributed by atoms with Gasteiger partial charge < -0.3 is 18.3 Å². The largest absolute Gasteiger partial charge is 0.306 e. The minimum Gasteiger partial charge on any atom is -0.306 e. The number of fused-ring (bicyclic) bond motifs is 22. The molecule has 0 atom stereocenters. The van der Waals surface area contributed by atoms with Crippen LogP contribution in [0.3, 0.4) is 0 Å². The molecule has 1 spiro atoms. The van der Waals surface area contributed by atoms with Gasteiger partial charge in [-0.05, 0) is 166 Å². The molecule has 0 saturated carbocycles. The van der Waals surface area contributed by atoms with E-state index in [1.54, 1.807) is 0 Å². The molecule has 0 N–H and O–H groups in total. The van der Waals surface area contributed by atoms with Gasteiger partial charge in [-0.25, -0.2) is 0 Å². The number of hydrogen-bond acceptors (Lipinski definition) is 2. The highest BCUT2D eigenvalue weighted by Gasteiger charge is 2.55. The van der Waals surface area contributed by atoms with E-state index in [2.05, 4.69) is 356 Å². The predicted molar refractivity (Wildman–Crippen MR) is 428 cm³/mol. The van der Waals surface area contributed by atoms with Crippen LogP contribution >= 0.6 is 0 Å². The van der Waals surface area contributed by atoms with Crippen molar-refractivity contribution in [3.63, 3.8) is 0 Å². The molecule has 0 unspecified atom stereocenters. The summed E-state index contributed by atoms with van der Waals surface area (Å²) in [6.07, 6.45) is 2.00. The minimum absolute atomic E-state index is 0.151. The van der Waals surface area contributed by atoms with Crippen LogP contribution in [0.4, 0.5) is 0 Å². The van der Waals surface area contributed by atoms with Crippen LogP contribution in [0, 0.1) is 11.3 Å². The molecule has 101 heavy (non-hydrogen) atoms. The van der Waals surface area contributed by atoms with Crippen LogP contribution in [-0.4, -0.2) is 31.3 Å². The summed E-state index contributed by atoms with van der Waals surface area (Å²) in [6.45, 7) is 27.7. The molecule has 0 amide bonds. The molecule has 6 nitrogen and oxygen atoms in total. The number of aromatic nitrogens is 5. The van der Waals surface area contributed by atoms with Crippen molar-refractivity contribution in [2.75, 3.05) is 0 Å². The maximum absolute atomic E-state index is 13.6. The Morgan fingerprint density at radius 3 is 0.980 bits per heavy atom. The first-order chi connectivity index (χ1) is 48.6. The number of para-hydroxylation sites is 4. The third kappa shape index (κ3) is 8.46. The number of benzene rings is 12. The van der Waals surface area contributed by atoms with E-state index in [1.165, 1.54) is 54.1 Å². The average Bonchev–Trinajstić information content (AvgIpc) is 1.54. The lowest BCUT2D eigenvalue weighted by Crippen LogP contribution is -2.70. The summed E-state index contributed by atoms with van der Waals surface area (Å²) in [4.78, 5) is 5.57. The van der Waals surface area contributed by atoms with Crippen LogP contribution in [0.25, 0.3) is 143 Å². The Bertz CT molecular complexity index is 6180. The maximum Gasteiger partial charge on any atom is 0.183 e. The second-order valence-corrected chi connectivity index (χ2v) is 36.2. The van der Waals surface area contributed by atoms with Crippen molar-refractivity contribution < 1.29 is 0 Å². The zero-order valence-corrected chi connectivity index (χ0v) is 60.4. The molecular weight excluding hydrogens is 1240 g/mol. The van der Waals surface area contributed by atoms with Crippen molar-refractivity contribution in [1.29, 1.82) is 5.26 Å². The fourth-order valence-electron chi connectivity index (χ4n) is 17.8. The quantitative estimate of drug-likeness (QED) is 0.161. The van der Waals surface area contributed by atoms with E-state index in [9.17, 15) is 5.26 Å². The zero-order chi connectivity index (χ0) is 69.1. The number of nitriles is 1. The molecule has 7 heterocycles. The van der Waals surface area contributed by atoms with Crippen molar-refractivity contribution in [1.82, 2.24) is 23.3 Å². The molecule has 5 aromatic heterocycles. The highest BCUT2D eigenvalue weighted by molar-refractivity contribution is 7.24. The predicted octanol–water partition coefficient (Wildman–Crippen LogP) is 21.5. The summed E-state index contributed by atoms with van der Waals surface area (Å²) in [5.41, 5.74) is 23.2. The molecule has 2 aliphatic rings. The normalized spacial score (nSPS) is 13.6. The Morgan fingerprint density at radius 2 is 0.614 bits per heavy atom. The summed E-state index contributed by atoms with van der Waals surface area (Å²) in [7, 11) is -3.00. The van der Waals surface area contributed by atoms with Gasteiger partial charge in [-0.1, -0.05) is 247 Å². The van der Waals surface area contributed by atoms with Gasteiger partial charge in [0, 0.05) is 60.4 Å². The Balaban J connectivity index is 1.12. The topological polar surface area (TPSA) is 56.4 Å². The van der Waals surface area contributed by atoms with Gasteiger partial charge in [0.15, 0.2) is 8.07 Å². The molecule has 488 valence electrons. The van der Waals surface area contributed by atoms with Gasteiger partial charge >= 0.3 is 0 Å². The van der Waals surface area contributed by atoms with Crippen molar-refractivity contribution in [3.8, 4) is 62.3 Å². The molecule has 12 aromatic carbocycles. The van der Waals surface area contributed by atoms with E-state index in [1.807, 2.05) is 6.20 Å². The van der Waals surface area contributed by atoms with Gasteiger partial charge in [0.2, 0.25) is 0 Å². The number of rotatable bonds is 5.